The van der Waals surface area contributed by atoms with Crippen molar-refractivity contribution in [3.8, 4) is 0 Å². The summed E-state index contributed by atoms with van der Waals surface area (Å²) in [5, 5.41) is 4.42. The molecule has 0 aromatic carbocycles. The summed E-state index contributed by atoms with van der Waals surface area (Å²) in [4.78, 5) is 6.28. The van der Waals surface area contributed by atoms with Crippen molar-refractivity contribution in [2.45, 2.75) is 6.54 Å². The van der Waals surface area contributed by atoms with Crippen molar-refractivity contribution in [2.75, 3.05) is 19.0 Å². The molecule has 2 heterocycles. The minimum absolute atomic E-state index is 0.404. The van der Waals surface area contributed by atoms with Crippen molar-refractivity contribution in [1.29, 1.82) is 0 Å². The molecule has 0 amide bonds. The highest BCUT2D eigenvalue weighted by atomic mass is 79.9. The number of aromatic nitrogens is 3. The highest BCUT2D eigenvalue weighted by Gasteiger charge is 2.10. The minimum atomic E-state index is 0.404. The second kappa shape index (κ2) is 3.79. The highest BCUT2D eigenvalue weighted by molar-refractivity contribution is 9.10. The Morgan fingerprint density at radius 3 is 2.80 bits per heavy atom. The average molecular weight is 270 g/mol. The molecule has 5 nitrogen and oxygen atoms in total. The van der Waals surface area contributed by atoms with Crippen LogP contribution in [-0.2, 0) is 6.54 Å². The van der Waals surface area contributed by atoms with E-state index in [2.05, 4.69) is 26.0 Å². The summed E-state index contributed by atoms with van der Waals surface area (Å²) < 4.78 is 2.57. The van der Waals surface area contributed by atoms with Crippen molar-refractivity contribution in [3.63, 3.8) is 0 Å². The van der Waals surface area contributed by atoms with Crippen LogP contribution in [0.4, 0.5) is 5.82 Å². The summed E-state index contributed by atoms with van der Waals surface area (Å²) in [7, 11) is 3.89. The maximum atomic E-state index is 5.57. The summed E-state index contributed by atoms with van der Waals surface area (Å²) in [6.07, 6.45) is 0. The van der Waals surface area contributed by atoms with Gasteiger partial charge >= 0.3 is 0 Å². The third-order valence-electron chi connectivity index (χ3n) is 2.13. The fraction of sp³-hybridized carbons (Fsp3) is 0.333. The van der Waals surface area contributed by atoms with Crippen molar-refractivity contribution >= 4 is 27.4 Å². The maximum Gasteiger partial charge on any atom is 0.155 e. The Morgan fingerprint density at radius 1 is 1.47 bits per heavy atom. The Hall–Kier alpha value is -1.14. The molecule has 2 aromatic rings. The quantitative estimate of drug-likeness (QED) is 0.885. The third-order valence-corrected chi connectivity index (χ3v) is 2.92. The molecule has 0 unspecified atom stereocenters. The zero-order chi connectivity index (χ0) is 11.0. The summed E-state index contributed by atoms with van der Waals surface area (Å²) >= 11 is 3.43. The van der Waals surface area contributed by atoms with E-state index in [1.54, 1.807) is 4.52 Å². The van der Waals surface area contributed by atoms with Crippen LogP contribution in [0.15, 0.2) is 16.7 Å². The van der Waals surface area contributed by atoms with Gasteiger partial charge in [-0.25, -0.2) is 9.50 Å². The van der Waals surface area contributed by atoms with E-state index in [1.165, 1.54) is 0 Å². The fourth-order valence-electron chi connectivity index (χ4n) is 1.31. The van der Waals surface area contributed by atoms with Gasteiger partial charge in [-0.2, -0.15) is 0 Å². The number of nitrogens with two attached hydrogens (primary N) is 1. The van der Waals surface area contributed by atoms with Gasteiger partial charge in [0.05, 0.1) is 5.69 Å². The molecule has 0 saturated carbocycles. The number of anilines is 1. The molecule has 0 spiro atoms. The largest absolute Gasteiger partial charge is 0.361 e. The van der Waals surface area contributed by atoms with E-state index in [-0.39, 0.29) is 0 Å². The van der Waals surface area contributed by atoms with Crippen LogP contribution >= 0.6 is 15.9 Å². The second-order valence-corrected chi connectivity index (χ2v) is 4.16. The first-order chi connectivity index (χ1) is 7.13. The lowest BCUT2D eigenvalue weighted by Gasteiger charge is -2.10. The van der Waals surface area contributed by atoms with Gasteiger partial charge in [0.25, 0.3) is 0 Å². The molecular formula is C9H12BrN5. The van der Waals surface area contributed by atoms with Crippen LogP contribution in [0.1, 0.15) is 5.69 Å². The summed E-state index contributed by atoms with van der Waals surface area (Å²) in [5.41, 5.74) is 7.19. The Kier molecular flexibility index (Phi) is 2.62. The predicted molar refractivity (Wildman–Crippen MR) is 62.9 cm³/mol. The van der Waals surface area contributed by atoms with Gasteiger partial charge < -0.3 is 10.6 Å². The van der Waals surface area contributed by atoms with Gasteiger partial charge in [0.1, 0.15) is 10.4 Å². The van der Waals surface area contributed by atoms with Gasteiger partial charge in [-0.1, -0.05) is 0 Å². The number of imidazole rings is 1. The average Bonchev–Trinajstić information content (AvgIpc) is 2.55. The number of hydrogen-bond acceptors (Lipinski definition) is 4. The molecule has 15 heavy (non-hydrogen) atoms. The van der Waals surface area contributed by atoms with Crippen LogP contribution in [0.3, 0.4) is 0 Å². The molecular weight excluding hydrogens is 258 g/mol. The molecule has 80 valence electrons. The highest BCUT2D eigenvalue weighted by Crippen LogP contribution is 2.19. The van der Waals surface area contributed by atoms with E-state index < -0.39 is 0 Å². The third kappa shape index (κ3) is 1.70. The smallest absolute Gasteiger partial charge is 0.155 e. The molecule has 6 heteroatoms. The standard InChI is InChI=1S/C9H12BrN5/c1-14(2)8-4-3-7-12-6(5-11)9(10)15(7)13-8/h3-4H,5,11H2,1-2H3. The molecule has 0 saturated heterocycles. The van der Waals surface area contributed by atoms with Crippen LogP contribution in [0, 0.1) is 0 Å². The molecule has 2 rings (SSSR count). The number of hydrogen-bond donors (Lipinski definition) is 1. The van der Waals surface area contributed by atoms with E-state index in [1.807, 2.05) is 31.1 Å². The lowest BCUT2D eigenvalue weighted by molar-refractivity contribution is 0.878. The molecule has 0 radical (unpaired) electrons. The summed E-state index contributed by atoms with van der Waals surface area (Å²) in [5.74, 6) is 0.879. The van der Waals surface area contributed by atoms with Crippen molar-refractivity contribution in [2.24, 2.45) is 5.73 Å². The van der Waals surface area contributed by atoms with E-state index in [0.717, 1.165) is 21.8 Å². The second-order valence-electron chi connectivity index (χ2n) is 3.41. The van der Waals surface area contributed by atoms with Crippen LogP contribution in [0.25, 0.3) is 5.65 Å². The van der Waals surface area contributed by atoms with Gasteiger partial charge in [0.15, 0.2) is 5.65 Å². The van der Waals surface area contributed by atoms with Crippen LogP contribution in [-0.4, -0.2) is 28.7 Å². The predicted octanol–water partition coefficient (Wildman–Crippen LogP) is 1.02. The first-order valence-corrected chi connectivity index (χ1v) is 5.34. The van der Waals surface area contributed by atoms with Gasteiger partial charge in [0, 0.05) is 20.6 Å². The van der Waals surface area contributed by atoms with Crippen molar-refractivity contribution < 1.29 is 0 Å². The van der Waals surface area contributed by atoms with Crippen LogP contribution < -0.4 is 10.6 Å². The SMILES string of the molecule is CN(C)c1ccc2nc(CN)c(Br)n2n1. The minimum Gasteiger partial charge on any atom is -0.361 e. The molecule has 2 N–H and O–H groups in total. The summed E-state index contributed by atoms with van der Waals surface area (Å²) in [6, 6.07) is 3.85. The topological polar surface area (TPSA) is 59.5 Å². The van der Waals surface area contributed by atoms with Gasteiger partial charge in [-0.15, -0.1) is 5.10 Å². The van der Waals surface area contributed by atoms with E-state index in [0.29, 0.717) is 6.54 Å². The summed E-state index contributed by atoms with van der Waals surface area (Å²) in [6.45, 7) is 0.404. The van der Waals surface area contributed by atoms with Crippen LogP contribution in [0.2, 0.25) is 0 Å². The van der Waals surface area contributed by atoms with Crippen LogP contribution in [0.5, 0.6) is 0 Å². The first-order valence-electron chi connectivity index (χ1n) is 4.55. The Morgan fingerprint density at radius 2 is 2.20 bits per heavy atom. The fourth-order valence-corrected chi connectivity index (χ4v) is 1.82. The molecule has 0 bridgehead atoms. The molecule has 0 fully saturated rings. The lowest BCUT2D eigenvalue weighted by atomic mass is 10.5. The normalized spacial score (nSPS) is 10.9. The molecule has 0 aliphatic rings. The number of halogens is 1. The molecule has 0 aliphatic heterocycles. The van der Waals surface area contributed by atoms with Gasteiger partial charge in [-0.3, -0.25) is 0 Å². The zero-order valence-corrected chi connectivity index (χ0v) is 10.2. The molecule has 0 aliphatic carbocycles. The number of fused-ring (bicyclic) bond motifs is 1. The zero-order valence-electron chi connectivity index (χ0n) is 8.61. The Labute approximate surface area is 96.0 Å². The van der Waals surface area contributed by atoms with E-state index in [4.69, 9.17) is 5.73 Å². The lowest BCUT2D eigenvalue weighted by Crippen LogP contribution is -2.12. The first kappa shape index (κ1) is 10.4. The van der Waals surface area contributed by atoms with E-state index in [9.17, 15) is 0 Å². The Bertz CT molecular complexity index is 490. The Balaban J connectivity index is 2.65. The van der Waals surface area contributed by atoms with Crippen molar-refractivity contribution in [3.05, 3.63) is 22.4 Å². The number of rotatable bonds is 2. The van der Waals surface area contributed by atoms with Crippen molar-refractivity contribution in [1.82, 2.24) is 14.6 Å². The van der Waals surface area contributed by atoms with Gasteiger partial charge in [-0.05, 0) is 28.1 Å². The molecule has 0 atom stereocenters. The van der Waals surface area contributed by atoms with Gasteiger partial charge in [0.2, 0.25) is 0 Å². The number of nitrogens with zero attached hydrogens (tertiary/aromatic N) is 4. The van der Waals surface area contributed by atoms with E-state index >= 15 is 0 Å². The maximum absolute atomic E-state index is 5.57. The molecule has 2 aromatic heterocycles. The monoisotopic (exact) mass is 269 g/mol.